The SMILES string of the molecule is Cc1ccc(-c2nc3n(n2)C(CC(=O)Nc2cccc(Cl)c2)C(=O)N3)cc1. The predicted molar refractivity (Wildman–Crippen MR) is 103 cm³/mol. The molecule has 1 aliphatic rings. The highest BCUT2D eigenvalue weighted by molar-refractivity contribution is 6.30. The van der Waals surface area contributed by atoms with Gasteiger partial charge in [-0.15, -0.1) is 5.10 Å². The van der Waals surface area contributed by atoms with Gasteiger partial charge in [-0.2, -0.15) is 4.98 Å². The molecule has 0 bridgehead atoms. The minimum absolute atomic E-state index is 0.0535. The van der Waals surface area contributed by atoms with E-state index < -0.39 is 6.04 Å². The maximum Gasteiger partial charge on any atom is 0.252 e. The zero-order valence-corrected chi connectivity index (χ0v) is 15.2. The minimum Gasteiger partial charge on any atom is -0.326 e. The number of nitrogens with one attached hydrogen (secondary N) is 2. The number of amides is 2. The van der Waals surface area contributed by atoms with Gasteiger partial charge in [0.2, 0.25) is 11.9 Å². The van der Waals surface area contributed by atoms with Crippen LogP contribution in [0.25, 0.3) is 11.4 Å². The Hall–Kier alpha value is -3.19. The van der Waals surface area contributed by atoms with Gasteiger partial charge in [0.1, 0.15) is 6.04 Å². The van der Waals surface area contributed by atoms with Crippen molar-refractivity contribution in [2.45, 2.75) is 19.4 Å². The van der Waals surface area contributed by atoms with Crippen LogP contribution in [0.5, 0.6) is 0 Å². The second-order valence-corrected chi connectivity index (χ2v) is 6.77. The number of carbonyl (C=O) groups excluding carboxylic acids is 2. The Balaban J connectivity index is 1.52. The summed E-state index contributed by atoms with van der Waals surface area (Å²) < 4.78 is 1.47. The highest BCUT2D eigenvalue weighted by Crippen LogP contribution is 2.28. The van der Waals surface area contributed by atoms with Crippen molar-refractivity contribution in [3.63, 3.8) is 0 Å². The lowest BCUT2D eigenvalue weighted by atomic mass is 10.1. The number of carbonyl (C=O) groups is 2. The average Bonchev–Trinajstić information content (AvgIpc) is 3.15. The van der Waals surface area contributed by atoms with E-state index in [9.17, 15) is 9.59 Å². The monoisotopic (exact) mass is 381 g/mol. The molecule has 1 atom stereocenters. The van der Waals surface area contributed by atoms with E-state index in [2.05, 4.69) is 20.7 Å². The zero-order valence-electron chi connectivity index (χ0n) is 14.4. The van der Waals surface area contributed by atoms with Gasteiger partial charge in [0.15, 0.2) is 5.82 Å². The largest absolute Gasteiger partial charge is 0.326 e. The molecule has 7 nitrogen and oxygen atoms in total. The number of anilines is 2. The highest BCUT2D eigenvalue weighted by atomic mass is 35.5. The van der Waals surface area contributed by atoms with Crippen molar-refractivity contribution >= 4 is 35.1 Å². The molecule has 4 rings (SSSR count). The van der Waals surface area contributed by atoms with E-state index in [1.165, 1.54) is 4.68 Å². The normalized spacial score (nSPS) is 15.3. The summed E-state index contributed by atoms with van der Waals surface area (Å²) in [6, 6.07) is 13.9. The standard InChI is InChI=1S/C19H16ClN5O2/c1-11-5-7-12(8-6-11)17-22-19-23-18(27)15(25(19)24-17)10-16(26)21-14-4-2-3-13(20)9-14/h2-9,15H,10H2,1H3,(H,21,26)(H,22,23,24,27). The van der Waals surface area contributed by atoms with Gasteiger partial charge >= 0.3 is 0 Å². The van der Waals surface area contributed by atoms with Gasteiger partial charge in [-0.05, 0) is 25.1 Å². The number of rotatable bonds is 4. The van der Waals surface area contributed by atoms with Crippen molar-refractivity contribution in [1.29, 1.82) is 0 Å². The third-order valence-electron chi connectivity index (χ3n) is 4.26. The molecule has 0 spiro atoms. The number of fused-ring (bicyclic) bond motifs is 1. The van der Waals surface area contributed by atoms with Crippen LogP contribution in [-0.2, 0) is 9.59 Å². The smallest absolute Gasteiger partial charge is 0.252 e. The fraction of sp³-hybridized carbons (Fsp3) is 0.158. The second-order valence-electron chi connectivity index (χ2n) is 6.34. The van der Waals surface area contributed by atoms with Crippen LogP contribution in [0.15, 0.2) is 48.5 Å². The van der Waals surface area contributed by atoms with Crippen molar-refractivity contribution in [3.8, 4) is 11.4 Å². The van der Waals surface area contributed by atoms with E-state index >= 15 is 0 Å². The Morgan fingerprint density at radius 3 is 2.78 bits per heavy atom. The first-order valence-electron chi connectivity index (χ1n) is 8.39. The van der Waals surface area contributed by atoms with E-state index in [-0.39, 0.29) is 18.2 Å². The summed E-state index contributed by atoms with van der Waals surface area (Å²) in [6.07, 6.45) is -0.0535. The number of benzene rings is 2. The number of aryl methyl sites for hydroxylation is 1. The zero-order chi connectivity index (χ0) is 19.0. The van der Waals surface area contributed by atoms with E-state index in [0.717, 1.165) is 11.1 Å². The summed E-state index contributed by atoms with van der Waals surface area (Å²) in [5, 5.41) is 10.4. The topological polar surface area (TPSA) is 88.9 Å². The van der Waals surface area contributed by atoms with Gasteiger partial charge in [0.25, 0.3) is 5.91 Å². The van der Waals surface area contributed by atoms with Crippen molar-refractivity contribution in [3.05, 3.63) is 59.1 Å². The van der Waals surface area contributed by atoms with Crippen molar-refractivity contribution < 1.29 is 9.59 Å². The highest BCUT2D eigenvalue weighted by Gasteiger charge is 2.35. The van der Waals surface area contributed by atoms with Gasteiger partial charge in [-0.1, -0.05) is 47.5 Å². The van der Waals surface area contributed by atoms with Gasteiger partial charge in [-0.25, -0.2) is 4.68 Å². The summed E-state index contributed by atoms with van der Waals surface area (Å²) in [7, 11) is 0. The Morgan fingerprint density at radius 1 is 1.26 bits per heavy atom. The molecule has 1 unspecified atom stereocenters. The molecule has 0 fully saturated rings. The first-order chi connectivity index (χ1) is 13.0. The molecule has 2 aromatic carbocycles. The van der Waals surface area contributed by atoms with E-state index in [1.807, 2.05) is 31.2 Å². The van der Waals surface area contributed by atoms with Crippen molar-refractivity contribution in [1.82, 2.24) is 14.8 Å². The number of nitrogens with zero attached hydrogens (tertiary/aromatic N) is 3. The van der Waals surface area contributed by atoms with Gasteiger partial charge in [0, 0.05) is 16.3 Å². The fourth-order valence-electron chi connectivity index (χ4n) is 2.89. The van der Waals surface area contributed by atoms with Crippen LogP contribution in [0.1, 0.15) is 18.0 Å². The molecule has 1 aliphatic heterocycles. The molecule has 2 heterocycles. The Morgan fingerprint density at radius 2 is 2.04 bits per heavy atom. The Labute approximate surface area is 160 Å². The lowest BCUT2D eigenvalue weighted by molar-refractivity contribution is -0.123. The third kappa shape index (κ3) is 3.54. The van der Waals surface area contributed by atoms with Crippen LogP contribution >= 0.6 is 11.6 Å². The molecule has 0 saturated carbocycles. The molecule has 2 N–H and O–H groups in total. The second kappa shape index (κ2) is 6.85. The summed E-state index contributed by atoms with van der Waals surface area (Å²) in [6.45, 7) is 2.00. The average molecular weight is 382 g/mol. The molecular formula is C19H16ClN5O2. The summed E-state index contributed by atoms with van der Waals surface area (Å²) >= 11 is 5.92. The molecule has 8 heteroatoms. The predicted octanol–water partition coefficient (Wildman–Crippen LogP) is 3.43. The summed E-state index contributed by atoms with van der Waals surface area (Å²) in [5.74, 6) is 0.237. The Kier molecular flexibility index (Phi) is 4.37. The minimum atomic E-state index is -0.745. The summed E-state index contributed by atoms with van der Waals surface area (Å²) in [4.78, 5) is 28.9. The number of hydrogen-bond donors (Lipinski definition) is 2. The molecule has 27 heavy (non-hydrogen) atoms. The first-order valence-corrected chi connectivity index (χ1v) is 8.77. The molecule has 0 radical (unpaired) electrons. The molecular weight excluding hydrogens is 366 g/mol. The van der Waals surface area contributed by atoms with Gasteiger partial charge in [-0.3, -0.25) is 14.9 Å². The van der Waals surface area contributed by atoms with Crippen LogP contribution in [-0.4, -0.2) is 26.6 Å². The number of aromatic nitrogens is 3. The van der Waals surface area contributed by atoms with Crippen LogP contribution < -0.4 is 10.6 Å². The third-order valence-corrected chi connectivity index (χ3v) is 4.50. The molecule has 3 aromatic rings. The molecule has 1 aromatic heterocycles. The molecule has 2 amide bonds. The number of halogens is 1. The van der Waals surface area contributed by atoms with Gasteiger partial charge in [0.05, 0.1) is 6.42 Å². The maximum absolute atomic E-state index is 12.4. The van der Waals surface area contributed by atoms with Crippen LogP contribution in [0.2, 0.25) is 5.02 Å². The van der Waals surface area contributed by atoms with Crippen LogP contribution in [0.4, 0.5) is 11.6 Å². The first kappa shape index (κ1) is 17.2. The van der Waals surface area contributed by atoms with Crippen LogP contribution in [0.3, 0.4) is 0 Å². The van der Waals surface area contributed by atoms with E-state index in [4.69, 9.17) is 11.6 Å². The Bertz CT molecular complexity index is 1030. The number of hydrogen-bond acceptors (Lipinski definition) is 4. The van der Waals surface area contributed by atoms with Gasteiger partial charge < -0.3 is 5.32 Å². The summed E-state index contributed by atoms with van der Waals surface area (Å²) in [5.41, 5.74) is 2.55. The molecule has 136 valence electrons. The molecule has 0 saturated heterocycles. The fourth-order valence-corrected chi connectivity index (χ4v) is 3.08. The van der Waals surface area contributed by atoms with Crippen molar-refractivity contribution in [2.24, 2.45) is 0 Å². The molecule has 0 aliphatic carbocycles. The van der Waals surface area contributed by atoms with Crippen molar-refractivity contribution in [2.75, 3.05) is 10.6 Å². The van der Waals surface area contributed by atoms with Crippen LogP contribution in [0, 0.1) is 6.92 Å². The maximum atomic E-state index is 12.4. The quantitative estimate of drug-likeness (QED) is 0.724. The lowest BCUT2D eigenvalue weighted by Gasteiger charge is -2.10. The van der Waals surface area contributed by atoms with E-state index in [1.54, 1.807) is 24.3 Å². The lowest BCUT2D eigenvalue weighted by Crippen LogP contribution is -2.23. The van der Waals surface area contributed by atoms with E-state index in [0.29, 0.717) is 22.5 Å².